The van der Waals surface area contributed by atoms with Gasteiger partial charge >= 0.3 is 0 Å². The summed E-state index contributed by atoms with van der Waals surface area (Å²) < 4.78 is 0. The van der Waals surface area contributed by atoms with Crippen molar-refractivity contribution < 1.29 is 4.79 Å². The smallest absolute Gasteiger partial charge is 0.233 e. The molecule has 2 rings (SSSR count). The lowest BCUT2D eigenvalue weighted by Gasteiger charge is -2.22. The molecule has 1 unspecified atom stereocenters. The lowest BCUT2D eigenvalue weighted by molar-refractivity contribution is -0.127. The summed E-state index contributed by atoms with van der Waals surface area (Å²) in [4.78, 5) is 15.0. The first-order valence-corrected chi connectivity index (χ1v) is 8.08. The standard InChI is InChI=1S/C10H13NOS3/c1-13-6-4-11-9(12)7-15-10(11)8-3-2-5-14-8/h2-3,5,10H,4,6-7H2,1H3. The van der Waals surface area contributed by atoms with Crippen molar-refractivity contribution in [1.29, 1.82) is 0 Å². The van der Waals surface area contributed by atoms with Gasteiger partial charge in [-0.15, -0.1) is 23.1 Å². The summed E-state index contributed by atoms with van der Waals surface area (Å²) in [6.07, 6.45) is 2.08. The minimum atomic E-state index is 0.268. The van der Waals surface area contributed by atoms with Gasteiger partial charge in [-0.25, -0.2) is 0 Å². The van der Waals surface area contributed by atoms with E-state index in [1.165, 1.54) is 4.88 Å². The summed E-state index contributed by atoms with van der Waals surface area (Å²) >= 11 is 5.27. The van der Waals surface area contributed by atoms with Crippen LogP contribution in [0.2, 0.25) is 0 Å². The summed E-state index contributed by atoms with van der Waals surface area (Å²) in [6.45, 7) is 0.871. The Morgan fingerprint density at radius 3 is 3.20 bits per heavy atom. The highest BCUT2D eigenvalue weighted by atomic mass is 32.2. The highest BCUT2D eigenvalue weighted by Crippen LogP contribution is 2.40. The Hall–Kier alpha value is -0.130. The summed E-state index contributed by atoms with van der Waals surface area (Å²) in [7, 11) is 0. The van der Waals surface area contributed by atoms with E-state index in [9.17, 15) is 4.79 Å². The molecule has 1 fully saturated rings. The third-order valence-electron chi connectivity index (χ3n) is 2.29. The third-order valence-corrected chi connectivity index (χ3v) is 5.19. The van der Waals surface area contributed by atoms with Crippen molar-refractivity contribution >= 4 is 40.8 Å². The van der Waals surface area contributed by atoms with E-state index in [1.54, 1.807) is 34.9 Å². The maximum atomic E-state index is 11.7. The molecule has 1 aliphatic rings. The van der Waals surface area contributed by atoms with Gasteiger partial charge in [0.05, 0.1) is 5.75 Å². The minimum Gasteiger partial charge on any atom is -0.324 e. The second-order valence-corrected chi connectivity index (χ2v) is 6.29. The van der Waals surface area contributed by atoms with Crippen LogP contribution in [-0.4, -0.2) is 35.1 Å². The molecule has 0 N–H and O–H groups in total. The van der Waals surface area contributed by atoms with Crippen molar-refractivity contribution in [2.24, 2.45) is 0 Å². The molecule has 1 saturated heterocycles. The first-order chi connectivity index (χ1) is 7.33. The van der Waals surface area contributed by atoms with Crippen molar-refractivity contribution in [1.82, 2.24) is 4.90 Å². The Balaban J connectivity index is 2.07. The van der Waals surface area contributed by atoms with Crippen LogP contribution >= 0.6 is 34.9 Å². The maximum absolute atomic E-state index is 11.7. The number of hydrogen-bond donors (Lipinski definition) is 0. The molecule has 1 aliphatic heterocycles. The van der Waals surface area contributed by atoms with Gasteiger partial charge in [0.15, 0.2) is 0 Å². The van der Waals surface area contributed by atoms with E-state index in [4.69, 9.17) is 0 Å². The normalized spacial score (nSPS) is 21.3. The molecule has 15 heavy (non-hydrogen) atoms. The number of thioether (sulfide) groups is 2. The molecular formula is C10H13NOS3. The molecule has 0 bridgehead atoms. The zero-order valence-corrected chi connectivity index (χ0v) is 11.0. The molecule has 0 aliphatic carbocycles. The van der Waals surface area contributed by atoms with Crippen molar-refractivity contribution in [3.05, 3.63) is 22.4 Å². The maximum Gasteiger partial charge on any atom is 0.233 e. The van der Waals surface area contributed by atoms with Crippen molar-refractivity contribution in [2.75, 3.05) is 24.3 Å². The van der Waals surface area contributed by atoms with Crippen LogP contribution in [0.3, 0.4) is 0 Å². The average molecular weight is 259 g/mol. The molecule has 82 valence electrons. The molecule has 0 spiro atoms. The zero-order valence-electron chi connectivity index (χ0n) is 8.51. The van der Waals surface area contributed by atoms with Crippen LogP contribution in [0.15, 0.2) is 17.5 Å². The fourth-order valence-electron chi connectivity index (χ4n) is 1.55. The topological polar surface area (TPSA) is 20.3 Å². The van der Waals surface area contributed by atoms with Crippen molar-refractivity contribution in [2.45, 2.75) is 5.37 Å². The minimum absolute atomic E-state index is 0.268. The summed E-state index contributed by atoms with van der Waals surface area (Å²) in [5.74, 6) is 1.94. The van der Waals surface area contributed by atoms with Crippen LogP contribution in [0, 0.1) is 0 Å². The predicted molar refractivity (Wildman–Crippen MR) is 69.6 cm³/mol. The van der Waals surface area contributed by atoms with Gasteiger partial charge in [-0.2, -0.15) is 11.8 Å². The monoisotopic (exact) mass is 259 g/mol. The number of hydrogen-bond acceptors (Lipinski definition) is 4. The van der Waals surface area contributed by atoms with Gasteiger partial charge in [-0.1, -0.05) is 6.07 Å². The molecular weight excluding hydrogens is 246 g/mol. The van der Waals surface area contributed by atoms with Gasteiger partial charge < -0.3 is 4.90 Å². The fourth-order valence-corrected chi connectivity index (χ4v) is 4.13. The zero-order chi connectivity index (χ0) is 10.7. The molecule has 5 heteroatoms. The van der Waals surface area contributed by atoms with E-state index in [-0.39, 0.29) is 11.3 Å². The average Bonchev–Trinajstić information content (AvgIpc) is 2.84. The first kappa shape index (κ1) is 11.4. The molecule has 2 heterocycles. The van der Waals surface area contributed by atoms with E-state index < -0.39 is 0 Å². The van der Waals surface area contributed by atoms with Gasteiger partial charge in [0, 0.05) is 17.2 Å². The van der Waals surface area contributed by atoms with Crippen molar-refractivity contribution in [3.8, 4) is 0 Å². The Kier molecular flexibility index (Phi) is 3.99. The lowest BCUT2D eigenvalue weighted by atomic mass is 10.4. The van der Waals surface area contributed by atoms with Gasteiger partial charge in [0.1, 0.15) is 5.37 Å². The van der Waals surface area contributed by atoms with Gasteiger partial charge in [0.25, 0.3) is 0 Å². The van der Waals surface area contributed by atoms with Crippen LogP contribution in [0.25, 0.3) is 0 Å². The number of thiophene rings is 1. The third kappa shape index (κ3) is 2.52. The van der Waals surface area contributed by atoms with Crippen LogP contribution < -0.4 is 0 Å². The highest BCUT2D eigenvalue weighted by Gasteiger charge is 2.32. The quantitative estimate of drug-likeness (QED) is 0.829. The lowest BCUT2D eigenvalue weighted by Crippen LogP contribution is -2.29. The van der Waals surface area contributed by atoms with E-state index >= 15 is 0 Å². The van der Waals surface area contributed by atoms with Crippen LogP contribution in [0.5, 0.6) is 0 Å². The Morgan fingerprint density at radius 1 is 1.67 bits per heavy atom. The molecule has 1 atom stereocenters. The van der Waals surface area contributed by atoms with E-state index in [1.807, 2.05) is 4.90 Å². The summed E-state index contributed by atoms with van der Waals surface area (Å²) in [5, 5.41) is 2.34. The number of amides is 1. The molecule has 0 radical (unpaired) electrons. The van der Waals surface area contributed by atoms with Crippen LogP contribution in [-0.2, 0) is 4.79 Å². The van der Waals surface area contributed by atoms with Gasteiger partial charge in [0.2, 0.25) is 5.91 Å². The molecule has 1 aromatic rings. The second-order valence-electron chi connectivity index (χ2n) is 3.26. The second kappa shape index (κ2) is 5.27. The number of nitrogens with zero attached hydrogens (tertiary/aromatic N) is 1. The Labute approximate surface area is 102 Å². The van der Waals surface area contributed by atoms with Gasteiger partial charge in [-0.05, 0) is 17.7 Å². The number of carbonyl (C=O) groups is 1. The fraction of sp³-hybridized carbons (Fsp3) is 0.500. The summed E-state index contributed by atoms with van der Waals surface area (Å²) in [5.41, 5.74) is 0. The van der Waals surface area contributed by atoms with Crippen molar-refractivity contribution in [3.63, 3.8) is 0 Å². The van der Waals surface area contributed by atoms with E-state index in [0.717, 1.165) is 12.3 Å². The van der Waals surface area contributed by atoms with Gasteiger partial charge in [-0.3, -0.25) is 4.79 Å². The van der Waals surface area contributed by atoms with Crippen LogP contribution in [0.1, 0.15) is 10.3 Å². The number of carbonyl (C=O) groups excluding carboxylic acids is 1. The molecule has 0 saturated carbocycles. The number of rotatable bonds is 4. The van der Waals surface area contributed by atoms with E-state index in [2.05, 4.69) is 23.8 Å². The largest absolute Gasteiger partial charge is 0.324 e. The first-order valence-electron chi connectivity index (χ1n) is 4.76. The molecule has 0 aromatic carbocycles. The molecule has 1 amide bonds. The summed E-state index contributed by atoms with van der Waals surface area (Å²) in [6, 6.07) is 4.17. The Morgan fingerprint density at radius 2 is 2.53 bits per heavy atom. The van der Waals surface area contributed by atoms with Crippen LogP contribution in [0.4, 0.5) is 0 Å². The molecule has 2 nitrogen and oxygen atoms in total. The van der Waals surface area contributed by atoms with E-state index in [0.29, 0.717) is 5.75 Å². The predicted octanol–water partition coefficient (Wildman–Crippen LogP) is 2.69. The highest BCUT2D eigenvalue weighted by molar-refractivity contribution is 8.00. The Bertz CT molecular complexity index is 325. The SMILES string of the molecule is CSCCN1C(=O)CSC1c1cccs1. The molecule has 1 aromatic heterocycles.